The fourth-order valence-corrected chi connectivity index (χ4v) is 2.24. The monoisotopic (exact) mass is 282 g/mol. The Balaban J connectivity index is 1.85. The second-order valence-electron chi connectivity index (χ2n) is 4.71. The molecule has 1 aromatic heterocycles. The number of hydrogen-bond acceptors (Lipinski definition) is 3. The second kappa shape index (κ2) is 6.28. The molecule has 0 aliphatic rings. The van der Waals surface area contributed by atoms with Crippen molar-refractivity contribution >= 4 is 0 Å². The summed E-state index contributed by atoms with van der Waals surface area (Å²) >= 11 is 0. The van der Waals surface area contributed by atoms with Crippen molar-refractivity contribution in [3.8, 4) is 0 Å². The molecule has 0 radical (unpaired) electrons. The van der Waals surface area contributed by atoms with E-state index < -0.39 is 0 Å². The lowest BCUT2D eigenvalue weighted by atomic mass is 9.98. The van der Waals surface area contributed by atoms with E-state index in [4.69, 9.17) is 0 Å². The molecule has 0 amide bonds. The van der Waals surface area contributed by atoms with E-state index in [-0.39, 0.29) is 11.9 Å². The fraction of sp³-hybridized carbons (Fsp3) is 0.125. The van der Waals surface area contributed by atoms with Crippen molar-refractivity contribution in [1.82, 2.24) is 20.5 Å². The Morgan fingerprint density at radius 1 is 1.00 bits per heavy atom. The number of nitrogens with zero attached hydrogens (tertiary/aromatic N) is 2. The lowest BCUT2D eigenvalue weighted by molar-refractivity contribution is 0.584. The van der Waals surface area contributed by atoms with Crippen LogP contribution in [-0.2, 0) is 6.54 Å². The van der Waals surface area contributed by atoms with Crippen molar-refractivity contribution < 1.29 is 4.39 Å². The van der Waals surface area contributed by atoms with Crippen LogP contribution in [0.1, 0.15) is 23.0 Å². The maximum atomic E-state index is 13.1. The number of benzene rings is 2. The molecule has 106 valence electrons. The van der Waals surface area contributed by atoms with E-state index in [0.29, 0.717) is 6.54 Å². The smallest absolute Gasteiger partial charge is 0.138 e. The first-order valence-electron chi connectivity index (χ1n) is 6.71. The molecule has 2 N–H and O–H groups in total. The van der Waals surface area contributed by atoms with Crippen LogP contribution in [0.3, 0.4) is 0 Å². The van der Waals surface area contributed by atoms with Gasteiger partial charge in [-0.1, -0.05) is 42.5 Å². The van der Waals surface area contributed by atoms with E-state index in [1.807, 2.05) is 30.3 Å². The SMILES string of the molecule is Fc1ccc(C(NCc2ncn[nH]2)c2ccccc2)cc1. The van der Waals surface area contributed by atoms with Crippen molar-refractivity contribution in [1.29, 1.82) is 0 Å². The molecular weight excluding hydrogens is 267 g/mol. The van der Waals surface area contributed by atoms with Crippen LogP contribution in [0.4, 0.5) is 4.39 Å². The number of rotatable bonds is 5. The van der Waals surface area contributed by atoms with Gasteiger partial charge in [-0.3, -0.25) is 10.4 Å². The average Bonchev–Trinajstić information content (AvgIpc) is 3.04. The lowest BCUT2D eigenvalue weighted by Gasteiger charge is -2.19. The molecule has 0 aliphatic carbocycles. The number of H-pyrrole nitrogens is 1. The Morgan fingerprint density at radius 3 is 2.38 bits per heavy atom. The summed E-state index contributed by atoms with van der Waals surface area (Å²) in [6.45, 7) is 0.553. The van der Waals surface area contributed by atoms with E-state index in [1.165, 1.54) is 18.5 Å². The van der Waals surface area contributed by atoms with Gasteiger partial charge in [-0.15, -0.1) is 0 Å². The van der Waals surface area contributed by atoms with Gasteiger partial charge in [-0.05, 0) is 23.3 Å². The van der Waals surface area contributed by atoms with Crippen LogP contribution >= 0.6 is 0 Å². The molecule has 0 fully saturated rings. The van der Waals surface area contributed by atoms with Gasteiger partial charge in [0.2, 0.25) is 0 Å². The van der Waals surface area contributed by atoms with E-state index in [9.17, 15) is 4.39 Å². The Hall–Kier alpha value is -2.53. The average molecular weight is 282 g/mol. The first kappa shape index (κ1) is 13.5. The highest BCUT2D eigenvalue weighted by Crippen LogP contribution is 2.22. The summed E-state index contributed by atoms with van der Waals surface area (Å²) in [6.07, 6.45) is 1.48. The van der Waals surface area contributed by atoms with E-state index in [2.05, 4.69) is 20.5 Å². The highest BCUT2D eigenvalue weighted by atomic mass is 19.1. The van der Waals surface area contributed by atoms with Crippen LogP contribution in [0.15, 0.2) is 60.9 Å². The highest BCUT2D eigenvalue weighted by Gasteiger charge is 2.14. The fourth-order valence-electron chi connectivity index (χ4n) is 2.24. The summed E-state index contributed by atoms with van der Waals surface area (Å²) in [5, 5.41) is 10.1. The molecular formula is C16H15FN4. The molecule has 0 bridgehead atoms. The molecule has 1 atom stereocenters. The van der Waals surface area contributed by atoms with Gasteiger partial charge in [-0.25, -0.2) is 9.37 Å². The molecule has 1 unspecified atom stereocenters. The van der Waals surface area contributed by atoms with Crippen LogP contribution in [0.5, 0.6) is 0 Å². The molecule has 2 aromatic carbocycles. The summed E-state index contributed by atoms with van der Waals surface area (Å²) in [5.41, 5.74) is 2.12. The standard InChI is InChI=1S/C16H15FN4/c17-14-8-6-13(7-9-14)16(12-4-2-1-3-5-12)18-10-15-19-11-20-21-15/h1-9,11,16,18H,10H2,(H,19,20,21). The Bertz CT molecular complexity index is 665. The lowest BCUT2D eigenvalue weighted by Crippen LogP contribution is -2.22. The molecule has 0 saturated carbocycles. The van der Waals surface area contributed by atoms with Gasteiger partial charge in [0.15, 0.2) is 0 Å². The predicted octanol–water partition coefficient (Wildman–Crippen LogP) is 2.82. The molecule has 0 aliphatic heterocycles. The molecule has 1 heterocycles. The minimum absolute atomic E-state index is 0.0306. The normalized spacial score (nSPS) is 12.2. The number of nitrogens with one attached hydrogen (secondary N) is 2. The third-order valence-corrected chi connectivity index (χ3v) is 3.27. The quantitative estimate of drug-likeness (QED) is 0.756. The maximum Gasteiger partial charge on any atom is 0.138 e. The van der Waals surface area contributed by atoms with Crippen LogP contribution in [0.2, 0.25) is 0 Å². The third kappa shape index (κ3) is 3.32. The van der Waals surface area contributed by atoms with Crippen LogP contribution in [0, 0.1) is 5.82 Å². The third-order valence-electron chi connectivity index (χ3n) is 3.27. The Kier molecular flexibility index (Phi) is 4.02. The van der Waals surface area contributed by atoms with Gasteiger partial charge in [0, 0.05) is 0 Å². The summed E-state index contributed by atoms with van der Waals surface area (Å²) in [4.78, 5) is 4.10. The zero-order valence-corrected chi connectivity index (χ0v) is 11.3. The van der Waals surface area contributed by atoms with E-state index in [1.54, 1.807) is 12.1 Å². The van der Waals surface area contributed by atoms with Gasteiger partial charge < -0.3 is 0 Å². The maximum absolute atomic E-state index is 13.1. The minimum Gasteiger partial charge on any atom is -0.299 e. The number of aromatic amines is 1. The zero-order valence-electron chi connectivity index (χ0n) is 11.3. The summed E-state index contributed by atoms with van der Waals surface area (Å²) in [6, 6.07) is 16.5. The minimum atomic E-state index is -0.235. The second-order valence-corrected chi connectivity index (χ2v) is 4.71. The molecule has 21 heavy (non-hydrogen) atoms. The summed E-state index contributed by atoms with van der Waals surface area (Å²) < 4.78 is 13.1. The Morgan fingerprint density at radius 2 is 1.71 bits per heavy atom. The summed E-state index contributed by atoms with van der Waals surface area (Å²) in [7, 11) is 0. The summed E-state index contributed by atoms with van der Waals surface area (Å²) in [5.74, 6) is 0.527. The van der Waals surface area contributed by atoms with Gasteiger partial charge in [-0.2, -0.15) is 5.10 Å². The Labute approximate surface area is 122 Å². The molecule has 5 heteroatoms. The van der Waals surface area contributed by atoms with E-state index >= 15 is 0 Å². The molecule has 4 nitrogen and oxygen atoms in total. The van der Waals surface area contributed by atoms with Crippen molar-refractivity contribution in [2.24, 2.45) is 0 Å². The number of aromatic nitrogens is 3. The number of hydrogen-bond donors (Lipinski definition) is 2. The van der Waals surface area contributed by atoms with Crippen LogP contribution in [0.25, 0.3) is 0 Å². The van der Waals surface area contributed by atoms with E-state index in [0.717, 1.165) is 17.0 Å². The largest absolute Gasteiger partial charge is 0.299 e. The van der Waals surface area contributed by atoms with Gasteiger partial charge in [0.25, 0.3) is 0 Å². The van der Waals surface area contributed by atoms with Crippen LogP contribution < -0.4 is 5.32 Å². The number of halogens is 1. The van der Waals surface area contributed by atoms with Crippen molar-refractivity contribution in [2.45, 2.75) is 12.6 Å². The topological polar surface area (TPSA) is 53.6 Å². The van der Waals surface area contributed by atoms with Gasteiger partial charge in [0.1, 0.15) is 18.0 Å². The predicted molar refractivity (Wildman–Crippen MR) is 77.9 cm³/mol. The first-order chi connectivity index (χ1) is 10.3. The highest BCUT2D eigenvalue weighted by molar-refractivity contribution is 5.31. The van der Waals surface area contributed by atoms with Crippen molar-refractivity contribution in [3.05, 3.63) is 83.7 Å². The molecule has 3 aromatic rings. The molecule has 0 spiro atoms. The van der Waals surface area contributed by atoms with Crippen molar-refractivity contribution in [2.75, 3.05) is 0 Å². The first-order valence-corrected chi connectivity index (χ1v) is 6.71. The van der Waals surface area contributed by atoms with Crippen molar-refractivity contribution in [3.63, 3.8) is 0 Å². The molecule has 0 saturated heterocycles. The van der Waals surface area contributed by atoms with Crippen LogP contribution in [-0.4, -0.2) is 15.2 Å². The zero-order chi connectivity index (χ0) is 14.5. The van der Waals surface area contributed by atoms with Gasteiger partial charge in [0.05, 0.1) is 12.6 Å². The van der Waals surface area contributed by atoms with Gasteiger partial charge >= 0.3 is 0 Å². The molecule has 3 rings (SSSR count).